The number of rotatable bonds is 2. The number of halogens is 3. The molecule has 0 bridgehead atoms. The van der Waals surface area contributed by atoms with E-state index in [2.05, 4.69) is 0 Å². The van der Waals surface area contributed by atoms with E-state index >= 15 is 0 Å². The molecule has 0 aromatic heterocycles. The van der Waals surface area contributed by atoms with Crippen LogP contribution in [0.3, 0.4) is 0 Å². The minimum absolute atomic E-state index is 0.199. The van der Waals surface area contributed by atoms with Gasteiger partial charge in [0.2, 0.25) is 0 Å². The Morgan fingerprint density at radius 3 is 2.22 bits per heavy atom. The Morgan fingerprint density at radius 1 is 1.17 bits per heavy atom. The number of nitrogens with zero attached hydrogens (tertiary/aromatic N) is 1. The van der Waals surface area contributed by atoms with Crippen molar-refractivity contribution in [3.05, 3.63) is 41.5 Å². The zero-order chi connectivity index (χ0) is 17.3. The normalized spacial score (nSPS) is 16.5. The van der Waals surface area contributed by atoms with Crippen LogP contribution in [0.4, 0.5) is 18.0 Å². The van der Waals surface area contributed by atoms with E-state index in [-0.39, 0.29) is 12.0 Å². The monoisotopic (exact) mass is 327 g/mol. The fourth-order valence-corrected chi connectivity index (χ4v) is 2.14. The van der Waals surface area contributed by atoms with Gasteiger partial charge in [-0.1, -0.05) is 24.3 Å². The Kier molecular flexibility index (Phi) is 4.73. The van der Waals surface area contributed by atoms with Gasteiger partial charge in [-0.05, 0) is 38.5 Å². The van der Waals surface area contributed by atoms with Gasteiger partial charge < -0.3 is 9.64 Å². The molecule has 126 valence electrons. The Labute approximate surface area is 133 Å². The molecular formula is C17H20F3NO2. The van der Waals surface area contributed by atoms with Crippen molar-refractivity contribution in [3.63, 3.8) is 0 Å². The van der Waals surface area contributed by atoms with Crippen LogP contribution in [0.1, 0.15) is 31.9 Å². The average Bonchev–Trinajstić information content (AvgIpc) is 2.34. The van der Waals surface area contributed by atoms with Crippen molar-refractivity contribution < 1.29 is 22.7 Å². The lowest BCUT2D eigenvalue weighted by atomic mass is 9.99. The summed E-state index contributed by atoms with van der Waals surface area (Å²) in [4.78, 5) is 13.4. The highest BCUT2D eigenvalue weighted by molar-refractivity contribution is 5.69. The molecule has 0 unspecified atom stereocenters. The third-order valence-corrected chi connectivity index (χ3v) is 3.36. The molecule has 0 N–H and O–H groups in total. The minimum atomic E-state index is -4.32. The summed E-state index contributed by atoms with van der Waals surface area (Å²) < 4.78 is 42.7. The molecule has 1 aromatic carbocycles. The SMILES string of the molecule is CC(C)(C)OC(=O)N1CC(/C=C/c2ccc(C(F)(F)F)cc2)C1. The fraction of sp³-hybridized carbons (Fsp3) is 0.471. The molecular weight excluding hydrogens is 307 g/mol. The summed E-state index contributed by atoms with van der Waals surface area (Å²) in [6, 6.07) is 4.99. The number of ether oxygens (including phenoxy) is 1. The lowest BCUT2D eigenvalue weighted by Crippen LogP contribution is -2.50. The summed E-state index contributed by atoms with van der Waals surface area (Å²) in [6.45, 7) is 6.56. The van der Waals surface area contributed by atoms with Crippen LogP contribution in [0.5, 0.6) is 0 Å². The van der Waals surface area contributed by atoms with Gasteiger partial charge in [-0.2, -0.15) is 13.2 Å². The van der Waals surface area contributed by atoms with E-state index in [4.69, 9.17) is 4.74 Å². The molecule has 1 heterocycles. The molecule has 2 rings (SSSR count). The maximum Gasteiger partial charge on any atom is 0.416 e. The average molecular weight is 327 g/mol. The largest absolute Gasteiger partial charge is 0.444 e. The third-order valence-electron chi connectivity index (χ3n) is 3.36. The number of hydrogen-bond donors (Lipinski definition) is 0. The first-order valence-corrected chi connectivity index (χ1v) is 7.38. The molecule has 23 heavy (non-hydrogen) atoms. The number of hydrogen-bond acceptors (Lipinski definition) is 2. The van der Waals surface area contributed by atoms with Crippen LogP contribution in [0.2, 0.25) is 0 Å². The maximum atomic E-state index is 12.5. The van der Waals surface area contributed by atoms with Crippen LogP contribution in [-0.4, -0.2) is 29.7 Å². The Bertz CT molecular complexity index is 579. The van der Waals surface area contributed by atoms with Crippen molar-refractivity contribution in [1.29, 1.82) is 0 Å². The van der Waals surface area contributed by atoms with Gasteiger partial charge in [0.1, 0.15) is 5.60 Å². The van der Waals surface area contributed by atoms with Gasteiger partial charge in [0.25, 0.3) is 0 Å². The van der Waals surface area contributed by atoms with Gasteiger partial charge in [0.05, 0.1) is 5.56 Å². The van der Waals surface area contributed by atoms with E-state index < -0.39 is 17.3 Å². The molecule has 1 saturated heterocycles. The Hall–Kier alpha value is -1.98. The predicted octanol–water partition coefficient (Wildman–Crippen LogP) is 4.59. The van der Waals surface area contributed by atoms with E-state index in [0.29, 0.717) is 18.7 Å². The zero-order valence-electron chi connectivity index (χ0n) is 13.4. The Balaban J connectivity index is 1.83. The topological polar surface area (TPSA) is 29.5 Å². The number of benzene rings is 1. The molecule has 3 nitrogen and oxygen atoms in total. The van der Waals surface area contributed by atoms with Crippen molar-refractivity contribution in [1.82, 2.24) is 4.90 Å². The first kappa shape index (κ1) is 17.4. The first-order chi connectivity index (χ1) is 10.5. The lowest BCUT2D eigenvalue weighted by molar-refractivity contribution is -0.137. The summed E-state index contributed by atoms with van der Waals surface area (Å²) in [6.07, 6.45) is -0.970. The molecule has 0 spiro atoms. The van der Waals surface area contributed by atoms with E-state index in [9.17, 15) is 18.0 Å². The number of carbonyl (C=O) groups is 1. The molecule has 0 radical (unpaired) electrons. The van der Waals surface area contributed by atoms with E-state index in [0.717, 1.165) is 12.1 Å². The molecule has 1 aliphatic heterocycles. The molecule has 0 aliphatic carbocycles. The number of carbonyl (C=O) groups excluding carboxylic acids is 1. The number of alkyl halides is 3. The second kappa shape index (κ2) is 6.26. The predicted molar refractivity (Wildman–Crippen MR) is 81.8 cm³/mol. The molecule has 1 fully saturated rings. The van der Waals surface area contributed by atoms with Crippen LogP contribution in [-0.2, 0) is 10.9 Å². The molecule has 0 atom stereocenters. The third kappa shape index (κ3) is 5.01. The van der Waals surface area contributed by atoms with Gasteiger partial charge in [0.15, 0.2) is 0 Å². The fourth-order valence-electron chi connectivity index (χ4n) is 2.14. The molecule has 1 amide bonds. The number of amides is 1. The highest BCUT2D eigenvalue weighted by Crippen LogP contribution is 2.29. The quantitative estimate of drug-likeness (QED) is 0.795. The van der Waals surface area contributed by atoms with Crippen molar-refractivity contribution in [3.8, 4) is 0 Å². The molecule has 6 heteroatoms. The van der Waals surface area contributed by atoms with Crippen molar-refractivity contribution in [2.45, 2.75) is 32.5 Å². The van der Waals surface area contributed by atoms with Crippen LogP contribution >= 0.6 is 0 Å². The minimum Gasteiger partial charge on any atom is -0.444 e. The summed E-state index contributed by atoms with van der Waals surface area (Å²) in [5.74, 6) is 0.199. The maximum absolute atomic E-state index is 12.5. The Morgan fingerprint density at radius 2 is 1.74 bits per heavy atom. The molecule has 1 aliphatic rings. The van der Waals surface area contributed by atoms with Crippen molar-refractivity contribution in [2.24, 2.45) is 5.92 Å². The van der Waals surface area contributed by atoms with Crippen molar-refractivity contribution in [2.75, 3.05) is 13.1 Å². The smallest absolute Gasteiger partial charge is 0.416 e. The van der Waals surface area contributed by atoms with Gasteiger partial charge >= 0.3 is 12.3 Å². The summed E-state index contributed by atoms with van der Waals surface area (Å²) in [5.41, 5.74) is -0.471. The van der Waals surface area contributed by atoms with E-state index in [1.54, 1.807) is 11.0 Å². The van der Waals surface area contributed by atoms with Crippen LogP contribution in [0.25, 0.3) is 6.08 Å². The van der Waals surface area contributed by atoms with E-state index in [1.165, 1.54) is 12.1 Å². The summed E-state index contributed by atoms with van der Waals surface area (Å²) in [5, 5.41) is 0. The molecule has 1 aromatic rings. The highest BCUT2D eigenvalue weighted by atomic mass is 19.4. The lowest BCUT2D eigenvalue weighted by Gasteiger charge is -2.38. The van der Waals surface area contributed by atoms with Gasteiger partial charge in [-0.3, -0.25) is 0 Å². The second-order valence-corrected chi connectivity index (χ2v) is 6.62. The van der Waals surface area contributed by atoms with E-state index in [1.807, 2.05) is 26.8 Å². The van der Waals surface area contributed by atoms with Crippen LogP contribution in [0, 0.1) is 5.92 Å². The van der Waals surface area contributed by atoms with Crippen LogP contribution in [0.15, 0.2) is 30.3 Å². The summed E-state index contributed by atoms with van der Waals surface area (Å²) in [7, 11) is 0. The van der Waals surface area contributed by atoms with Gasteiger partial charge in [-0.25, -0.2) is 4.79 Å². The van der Waals surface area contributed by atoms with Gasteiger partial charge in [0, 0.05) is 19.0 Å². The number of likely N-dealkylation sites (tertiary alicyclic amines) is 1. The van der Waals surface area contributed by atoms with Crippen molar-refractivity contribution >= 4 is 12.2 Å². The molecule has 0 saturated carbocycles. The second-order valence-electron chi connectivity index (χ2n) is 6.62. The standard InChI is InChI=1S/C17H20F3NO2/c1-16(2,3)23-15(22)21-10-13(11-21)5-4-12-6-8-14(9-7-12)17(18,19)20/h4-9,13H,10-11H2,1-3H3/b5-4+. The zero-order valence-corrected chi connectivity index (χ0v) is 13.4. The highest BCUT2D eigenvalue weighted by Gasteiger charge is 2.32. The van der Waals surface area contributed by atoms with Gasteiger partial charge in [-0.15, -0.1) is 0 Å². The summed E-state index contributed by atoms with van der Waals surface area (Å²) >= 11 is 0. The van der Waals surface area contributed by atoms with Crippen LogP contribution < -0.4 is 0 Å². The first-order valence-electron chi connectivity index (χ1n) is 7.38.